The number of anilines is 2. The molecule has 256 valence electrons. The highest BCUT2D eigenvalue weighted by Gasteiger charge is 2.35. The highest BCUT2D eigenvalue weighted by molar-refractivity contribution is 7.13. The van der Waals surface area contributed by atoms with Gasteiger partial charge in [0.15, 0.2) is 5.69 Å². The molecule has 2 atom stereocenters. The minimum atomic E-state index is -4.72. The van der Waals surface area contributed by atoms with E-state index in [0.29, 0.717) is 31.9 Å². The van der Waals surface area contributed by atoms with E-state index in [9.17, 15) is 37.8 Å². The van der Waals surface area contributed by atoms with Gasteiger partial charge in [-0.15, -0.1) is 11.3 Å². The highest BCUT2D eigenvalue weighted by Crippen LogP contribution is 2.43. The molecular formula is C31H35F3N8O5S. The van der Waals surface area contributed by atoms with Gasteiger partial charge in [-0.2, -0.15) is 13.2 Å². The number of nitrogens with one attached hydrogen (secondary N) is 2. The molecule has 4 aromatic heterocycles. The van der Waals surface area contributed by atoms with Crippen LogP contribution in [0.1, 0.15) is 56.2 Å². The number of rotatable bonds is 8. The first-order valence-corrected chi connectivity index (χ1v) is 15.9. The summed E-state index contributed by atoms with van der Waals surface area (Å²) in [5, 5.41) is 26.3. The van der Waals surface area contributed by atoms with E-state index in [1.807, 2.05) is 25.7 Å². The van der Waals surface area contributed by atoms with Crippen LogP contribution in [0, 0.1) is 5.41 Å². The van der Waals surface area contributed by atoms with Crippen LogP contribution < -0.4 is 26.7 Å². The first kappa shape index (κ1) is 34.7. The van der Waals surface area contributed by atoms with Crippen LogP contribution in [0.3, 0.4) is 0 Å². The van der Waals surface area contributed by atoms with Crippen molar-refractivity contribution < 1.29 is 33.0 Å². The second kappa shape index (κ2) is 13.1. The van der Waals surface area contributed by atoms with E-state index in [4.69, 9.17) is 10.7 Å². The van der Waals surface area contributed by atoms with Gasteiger partial charge in [0.1, 0.15) is 27.9 Å². The van der Waals surface area contributed by atoms with Crippen molar-refractivity contribution in [3.8, 4) is 21.7 Å². The summed E-state index contributed by atoms with van der Waals surface area (Å²) < 4.78 is 42.4. The molecule has 1 unspecified atom stereocenters. The number of pyridine rings is 3. The third-order valence-corrected chi connectivity index (χ3v) is 8.92. The number of thiazole rings is 1. The Labute approximate surface area is 276 Å². The van der Waals surface area contributed by atoms with Crippen molar-refractivity contribution in [1.29, 1.82) is 0 Å². The van der Waals surface area contributed by atoms with Gasteiger partial charge in [-0.05, 0) is 30.9 Å². The van der Waals surface area contributed by atoms with Gasteiger partial charge in [0.05, 0.1) is 18.0 Å². The Morgan fingerprint density at radius 2 is 1.90 bits per heavy atom. The number of aliphatic hydroxyl groups is 1. The molecule has 0 saturated carbocycles. The molecule has 5 heterocycles. The van der Waals surface area contributed by atoms with Crippen molar-refractivity contribution >= 4 is 46.0 Å². The Morgan fingerprint density at radius 1 is 1.17 bits per heavy atom. The number of carboxylic acid groups (broad SMARTS) is 1. The number of carbonyl (C=O) groups is 2. The van der Waals surface area contributed by atoms with Crippen molar-refractivity contribution in [2.45, 2.75) is 52.4 Å². The molecule has 1 saturated heterocycles. The third-order valence-electron chi connectivity index (χ3n) is 8.05. The number of nitrogens with zero attached hydrogens (tertiary/aromatic N) is 5. The van der Waals surface area contributed by atoms with E-state index >= 15 is 0 Å². The number of hydrogen-bond donors (Lipinski definition) is 5. The fourth-order valence-electron chi connectivity index (χ4n) is 5.61. The Hall–Kier alpha value is -4.61. The minimum absolute atomic E-state index is 0.0217. The van der Waals surface area contributed by atoms with E-state index in [0.717, 1.165) is 16.7 Å². The maximum Gasteiger partial charge on any atom is 0.434 e. The van der Waals surface area contributed by atoms with Crippen LogP contribution in [0.5, 0.6) is 0 Å². The molecule has 0 aromatic carbocycles. The number of urea groups is 1. The van der Waals surface area contributed by atoms with Crippen LogP contribution in [0.15, 0.2) is 34.7 Å². The molecule has 48 heavy (non-hydrogen) atoms. The lowest BCUT2D eigenvalue weighted by Gasteiger charge is -2.33. The van der Waals surface area contributed by atoms with Crippen molar-refractivity contribution in [3.05, 3.63) is 51.4 Å². The number of fused-ring (bicyclic) bond motifs is 1. The van der Waals surface area contributed by atoms with E-state index in [2.05, 4.69) is 20.6 Å². The molecule has 1 aliphatic heterocycles. The highest BCUT2D eigenvalue weighted by atomic mass is 32.1. The van der Waals surface area contributed by atoms with Gasteiger partial charge in [-0.1, -0.05) is 20.8 Å². The normalized spacial score (nSPS) is 15.9. The smallest absolute Gasteiger partial charge is 0.434 e. The number of amides is 2. The first-order valence-electron chi connectivity index (χ1n) is 15.1. The van der Waals surface area contributed by atoms with Crippen molar-refractivity contribution in [3.63, 3.8) is 0 Å². The minimum Gasteiger partial charge on any atom is -0.477 e. The fraction of sp³-hybridized carbons (Fsp3) is 0.419. The summed E-state index contributed by atoms with van der Waals surface area (Å²) >= 11 is 0.727. The van der Waals surface area contributed by atoms with Crippen molar-refractivity contribution in [1.82, 2.24) is 24.8 Å². The molecule has 2 amide bonds. The molecule has 5 rings (SSSR count). The summed E-state index contributed by atoms with van der Waals surface area (Å²) in [6, 6.07) is 1.32. The molecule has 4 aromatic rings. The zero-order chi connectivity index (χ0) is 35.1. The number of aliphatic hydroxyl groups excluding tert-OH is 1. The van der Waals surface area contributed by atoms with Crippen LogP contribution >= 0.6 is 11.3 Å². The molecule has 0 radical (unpaired) electrons. The molecule has 0 aliphatic carbocycles. The Bertz CT molecular complexity index is 1940. The SMILES string of the molecule is CCNC(=O)Nc1cc(-c2nc(C(F)(F)F)cs2)c(-c2cc3c(=O)c(C(=O)O)cn([C@H](CO)C(C)(C)C)c3nc2N2CCC(N)C2)cn1. The van der Waals surface area contributed by atoms with Crippen LogP contribution in [0.25, 0.3) is 32.7 Å². The molecule has 1 aliphatic rings. The summed E-state index contributed by atoms with van der Waals surface area (Å²) in [5.74, 6) is -1.14. The summed E-state index contributed by atoms with van der Waals surface area (Å²) in [5.41, 5.74) is 3.90. The number of aromatic carboxylic acids is 1. The lowest BCUT2D eigenvalue weighted by molar-refractivity contribution is -0.140. The second-order valence-electron chi connectivity index (χ2n) is 12.5. The molecule has 0 spiro atoms. The number of alkyl halides is 3. The Kier molecular flexibility index (Phi) is 9.49. The molecule has 0 bridgehead atoms. The number of carbonyl (C=O) groups excluding carboxylic acids is 1. The van der Waals surface area contributed by atoms with Crippen LogP contribution in [0.2, 0.25) is 0 Å². The predicted molar refractivity (Wildman–Crippen MR) is 175 cm³/mol. The average molecular weight is 689 g/mol. The number of carboxylic acids is 1. The van der Waals surface area contributed by atoms with E-state index in [1.54, 1.807) is 6.92 Å². The Morgan fingerprint density at radius 3 is 2.46 bits per heavy atom. The predicted octanol–water partition coefficient (Wildman–Crippen LogP) is 4.56. The molecule has 6 N–H and O–H groups in total. The molecule has 1 fully saturated rings. The van der Waals surface area contributed by atoms with Crippen molar-refractivity contribution in [2.75, 3.05) is 36.5 Å². The third kappa shape index (κ3) is 6.84. The summed E-state index contributed by atoms with van der Waals surface area (Å²) in [7, 11) is 0. The Balaban J connectivity index is 1.86. The zero-order valence-electron chi connectivity index (χ0n) is 26.6. The topological polar surface area (TPSA) is 189 Å². The zero-order valence-corrected chi connectivity index (χ0v) is 27.4. The van der Waals surface area contributed by atoms with Crippen LogP contribution in [-0.4, -0.2) is 74.0 Å². The lowest BCUT2D eigenvalue weighted by Crippen LogP contribution is -2.32. The van der Waals surface area contributed by atoms with Gasteiger partial charge in [-0.25, -0.2) is 24.5 Å². The molecular weight excluding hydrogens is 653 g/mol. The largest absolute Gasteiger partial charge is 0.477 e. The van der Waals surface area contributed by atoms with Crippen LogP contribution in [-0.2, 0) is 6.18 Å². The van der Waals surface area contributed by atoms with Gasteiger partial charge in [0.2, 0.25) is 5.43 Å². The quantitative estimate of drug-likeness (QED) is 0.176. The lowest BCUT2D eigenvalue weighted by atomic mass is 9.86. The molecule has 17 heteroatoms. The van der Waals surface area contributed by atoms with Crippen molar-refractivity contribution in [2.24, 2.45) is 11.1 Å². The summed E-state index contributed by atoms with van der Waals surface area (Å²) in [6.45, 7) is 8.00. The average Bonchev–Trinajstić information content (AvgIpc) is 3.67. The fourth-order valence-corrected chi connectivity index (χ4v) is 6.47. The number of aromatic nitrogens is 4. The molecule has 13 nitrogen and oxygen atoms in total. The van der Waals surface area contributed by atoms with Gasteiger partial charge < -0.3 is 30.7 Å². The first-order chi connectivity index (χ1) is 22.5. The number of halogens is 3. The van der Waals surface area contributed by atoms with Gasteiger partial charge in [0, 0.05) is 60.1 Å². The van der Waals surface area contributed by atoms with Gasteiger partial charge in [0.25, 0.3) is 0 Å². The number of nitrogens with two attached hydrogens (primary N) is 1. The van der Waals surface area contributed by atoms with E-state index < -0.39 is 52.9 Å². The van der Waals surface area contributed by atoms with E-state index in [1.165, 1.54) is 29.1 Å². The van der Waals surface area contributed by atoms with Gasteiger partial charge in [-0.3, -0.25) is 10.1 Å². The summed E-state index contributed by atoms with van der Waals surface area (Å²) in [4.78, 5) is 53.3. The standard InChI is InChI=1S/C31H35F3N8O5S/c1-5-36-29(47)39-23-9-17(27-38-21(14-48-27)31(32,33)34)19(10-37-23)16-8-18-24(44)20(28(45)46)12-42(22(13-43)30(2,3)4)26(18)40-25(16)41-7-6-15(35)11-41/h8-10,12,14-15,22,43H,5-7,11,13,35H2,1-4H3,(H,45,46)(H2,36,37,39,47)/t15?,22-/m1/s1. The second-order valence-corrected chi connectivity index (χ2v) is 13.4. The maximum atomic E-state index is 13.7. The number of hydrogen-bond acceptors (Lipinski definition) is 10. The van der Waals surface area contributed by atoms with Gasteiger partial charge >= 0.3 is 18.2 Å². The monoisotopic (exact) mass is 688 g/mol. The van der Waals surface area contributed by atoms with Crippen LogP contribution in [0.4, 0.5) is 29.6 Å². The maximum absolute atomic E-state index is 13.7. The summed E-state index contributed by atoms with van der Waals surface area (Å²) in [6.07, 6.45) is -1.61. The van der Waals surface area contributed by atoms with E-state index in [-0.39, 0.29) is 44.6 Å².